The van der Waals surface area contributed by atoms with E-state index in [1.54, 1.807) is 11.8 Å². The Balaban J connectivity index is 1.78. The summed E-state index contributed by atoms with van der Waals surface area (Å²) in [5, 5.41) is 12.0. The van der Waals surface area contributed by atoms with Gasteiger partial charge in [-0.3, -0.25) is 9.59 Å². The van der Waals surface area contributed by atoms with Gasteiger partial charge >= 0.3 is 0 Å². The zero-order chi connectivity index (χ0) is 13.9. The molecule has 2 rings (SSSR count). The lowest BCUT2D eigenvalue weighted by Crippen LogP contribution is -2.45. The Morgan fingerprint density at radius 3 is 2.74 bits per heavy atom. The van der Waals surface area contributed by atoms with Crippen molar-refractivity contribution >= 4 is 11.8 Å². The van der Waals surface area contributed by atoms with Crippen LogP contribution in [0.25, 0.3) is 0 Å². The number of rotatable bonds is 5. The van der Waals surface area contributed by atoms with Crippen LogP contribution in [0, 0.1) is 11.3 Å². The molecule has 0 aromatic rings. The second kappa shape index (κ2) is 5.90. The summed E-state index contributed by atoms with van der Waals surface area (Å²) < 4.78 is 0. The molecule has 1 aliphatic heterocycles. The highest BCUT2D eigenvalue weighted by Crippen LogP contribution is 2.47. The number of nitrogens with one attached hydrogen (secondary N) is 1. The van der Waals surface area contributed by atoms with Gasteiger partial charge in [0.1, 0.15) is 0 Å². The molecule has 1 heterocycles. The quantitative estimate of drug-likeness (QED) is 0.764. The summed E-state index contributed by atoms with van der Waals surface area (Å²) in [6.07, 6.45) is 4.73. The molecular weight excluding hydrogens is 244 g/mol. The van der Waals surface area contributed by atoms with E-state index in [0.717, 1.165) is 38.6 Å². The number of aliphatic hydroxyl groups is 1. The Bertz CT molecular complexity index is 353. The molecule has 1 saturated carbocycles. The van der Waals surface area contributed by atoms with Gasteiger partial charge in [-0.25, -0.2) is 0 Å². The van der Waals surface area contributed by atoms with Crippen molar-refractivity contribution in [3.63, 3.8) is 0 Å². The number of nitrogens with zero attached hydrogens (tertiary/aromatic N) is 1. The number of piperidine rings is 1. The van der Waals surface area contributed by atoms with Crippen molar-refractivity contribution < 1.29 is 14.7 Å². The van der Waals surface area contributed by atoms with E-state index in [4.69, 9.17) is 5.11 Å². The normalized spacial score (nSPS) is 24.9. The molecule has 2 amide bonds. The second-order valence-electron chi connectivity index (χ2n) is 6.00. The number of carbonyl (C=O) groups is 2. The number of aliphatic hydroxyl groups excluding tert-OH is 1. The van der Waals surface area contributed by atoms with Crippen molar-refractivity contribution in [2.75, 3.05) is 26.2 Å². The molecule has 0 radical (unpaired) electrons. The van der Waals surface area contributed by atoms with Gasteiger partial charge in [-0.05, 0) is 37.5 Å². The number of likely N-dealkylation sites (tertiary alicyclic amines) is 1. The highest BCUT2D eigenvalue weighted by molar-refractivity contribution is 5.80. The molecule has 2 fully saturated rings. The Hall–Kier alpha value is -1.10. The average molecular weight is 268 g/mol. The Kier molecular flexibility index (Phi) is 4.45. The monoisotopic (exact) mass is 268 g/mol. The van der Waals surface area contributed by atoms with Gasteiger partial charge in [0.05, 0.1) is 5.92 Å². The molecule has 1 atom stereocenters. The van der Waals surface area contributed by atoms with E-state index in [9.17, 15) is 9.59 Å². The van der Waals surface area contributed by atoms with Gasteiger partial charge in [0.2, 0.25) is 11.8 Å². The molecule has 108 valence electrons. The van der Waals surface area contributed by atoms with E-state index in [-0.39, 0.29) is 29.8 Å². The lowest BCUT2D eigenvalue weighted by Gasteiger charge is -2.31. The zero-order valence-electron chi connectivity index (χ0n) is 11.7. The average Bonchev–Trinajstić information content (AvgIpc) is 3.17. The van der Waals surface area contributed by atoms with Crippen molar-refractivity contribution in [2.45, 2.75) is 39.0 Å². The van der Waals surface area contributed by atoms with Gasteiger partial charge in [0, 0.05) is 33.2 Å². The maximum absolute atomic E-state index is 12.1. The first-order valence-electron chi connectivity index (χ1n) is 7.20. The number of hydrogen-bond acceptors (Lipinski definition) is 3. The van der Waals surface area contributed by atoms with Gasteiger partial charge in [-0.1, -0.05) is 0 Å². The zero-order valence-corrected chi connectivity index (χ0v) is 11.7. The van der Waals surface area contributed by atoms with Crippen molar-refractivity contribution in [1.29, 1.82) is 0 Å². The van der Waals surface area contributed by atoms with Crippen LogP contribution in [0.5, 0.6) is 0 Å². The minimum Gasteiger partial charge on any atom is -0.396 e. The van der Waals surface area contributed by atoms with Crippen LogP contribution in [-0.4, -0.2) is 48.1 Å². The van der Waals surface area contributed by atoms with Crippen molar-refractivity contribution in [2.24, 2.45) is 11.3 Å². The van der Waals surface area contributed by atoms with Crippen LogP contribution in [0.1, 0.15) is 39.0 Å². The predicted molar refractivity (Wildman–Crippen MR) is 71.4 cm³/mol. The fourth-order valence-electron chi connectivity index (χ4n) is 2.83. The van der Waals surface area contributed by atoms with Crippen LogP contribution in [0.3, 0.4) is 0 Å². The van der Waals surface area contributed by atoms with Crippen LogP contribution < -0.4 is 5.32 Å². The summed E-state index contributed by atoms with van der Waals surface area (Å²) in [6.45, 7) is 3.74. The first kappa shape index (κ1) is 14.3. The topological polar surface area (TPSA) is 69.6 Å². The third-order valence-electron chi connectivity index (χ3n) is 4.47. The van der Waals surface area contributed by atoms with Gasteiger partial charge in [0.25, 0.3) is 0 Å². The molecular formula is C14H24N2O3. The van der Waals surface area contributed by atoms with Crippen molar-refractivity contribution in [3.05, 3.63) is 0 Å². The van der Waals surface area contributed by atoms with Crippen LogP contribution in [0.2, 0.25) is 0 Å². The third kappa shape index (κ3) is 3.69. The molecule has 5 nitrogen and oxygen atoms in total. The van der Waals surface area contributed by atoms with Crippen LogP contribution >= 0.6 is 0 Å². The molecule has 1 saturated heterocycles. The molecule has 0 bridgehead atoms. The van der Waals surface area contributed by atoms with Gasteiger partial charge < -0.3 is 15.3 Å². The minimum atomic E-state index is -0.0671. The predicted octanol–water partition coefficient (Wildman–Crippen LogP) is 0.524. The van der Waals surface area contributed by atoms with Gasteiger partial charge in [0.15, 0.2) is 0 Å². The highest BCUT2D eigenvalue weighted by Gasteiger charge is 2.42. The van der Waals surface area contributed by atoms with Crippen molar-refractivity contribution in [3.8, 4) is 0 Å². The van der Waals surface area contributed by atoms with Crippen LogP contribution in [0.15, 0.2) is 0 Å². The Morgan fingerprint density at radius 1 is 1.42 bits per heavy atom. The van der Waals surface area contributed by atoms with E-state index < -0.39 is 0 Å². The smallest absolute Gasteiger partial charge is 0.224 e. The fourth-order valence-corrected chi connectivity index (χ4v) is 2.83. The summed E-state index contributed by atoms with van der Waals surface area (Å²) >= 11 is 0. The summed E-state index contributed by atoms with van der Waals surface area (Å²) in [5.41, 5.74) is 0.152. The lowest BCUT2D eigenvalue weighted by atomic mass is 9.96. The largest absolute Gasteiger partial charge is 0.396 e. The molecule has 0 aromatic carbocycles. The Labute approximate surface area is 114 Å². The van der Waals surface area contributed by atoms with E-state index >= 15 is 0 Å². The summed E-state index contributed by atoms with van der Waals surface area (Å²) in [6, 6.07) is 0. The number of carbonyl (C=O) groups excluding carboxylic acids is 2. The maximum Gasteiger partial charge on any atom is 0.224 e. The Morgan fingerprint density at radius 2 is 2.16 bits per heavy atom. The molecule has 1 unspecified atom stereocenters. The van der Waals surface area contributed by atoms with E-state index in [1.165, 1.54) is 0 Å². The molecule has 5 heteroatoms. The fraction of sp³-hybridized carbons (Fsp3) is 0.857. The molecule has 0 spiro atoms. The summed E-state index contributed by atoms with van der Waals surface area (Å²) in [7, 11) is 0. The molecule has 2 N–H and O–H groups in total. The van der Waals surface area contributed by atoms with Gasteiger partial charge in [-0.2, -0.15) is 0 Å². The van der Waals surface area contributed by atoms with Crippen LogP contribution in [0.4, 0.5) is 0 Å². The lowest BCUT2D eigenvalue weighted by molar-refractivity contribution is -0.134. The summed E-state index contributed by atoms with van der Waals surface area (Å²) in [4.78, 5) is 25.2. The van der Waals surface area contributed by atoms with Crippen molar-refractivity contribution in [1.82, 2.24) is 10.2 Å². The van der Waals surface area contributed by atoms with E-state index in [0.29, 0.717) is 13.1 Å². The highest BCUT2D eigenvalue weighted by atomic mass is 16.3. The maximum atomic E-state index is 12.1. The summed E-state index contributed by atoms with van der Waals surface area (Å²) in [5.74, 6) is 0.0502. The number of amides is 2. The second-order valence-corrected chi connectivity index (χ2v) is 6.00. The molecule has 0 aromatic heterocycles. The molecule has 1 aliphatic carbocycles. The molecule has 19 heavy (non-hydrogen) atoms. The van der Waals surface area contributed by atoms with Crippen LogP contribution in [-0.2, 0) is 9.59 Å². The van der Waals surface area contributed by atoms with E-state index in [2.05, 4.69) is 5.32 Å². The first-order valence-corrected chi connectivity index (χ1v) is 7.20. The minimum absolute atomic E-state index is 0.0523. The first-order chi connectivity index (χ1) is 9.06. The van der Waals surface area contributed by atoms with Gasteiger partial charge in [-0.15, -0.1) is 0 Å². The molecule has 2 aliphatic rings. The van der Waals surface area contributed by atoms with E-state index in [1.807, 2.05) is 0 Å². The third-order valence-corrected chi connectivity index (χ3v) is 4.47. The standard InChI is InChI=1S/C14H24N2O3/c1-11(18)16-7-2-3-12(9-16)13(19)15-10-14(4-5-14)6-8-17/h12,17H,2-10H2,1H3,(H,15,19). The SMILES string of the molecule is CC(=O)N1CCCC(C(=O)NCC2(CCO)CC2)C1. The number of hydrogen-bond donors (Lipinski definition) is 2.